The Bertz CT molecular complexity index is 380. The SMILES string of the molecule is CCCNCc1nnc(C2C(C)OC(C)C2C)o1. The third kappa shape index (κ3) is 2.72. The summed E-state index contributed by atoms with van der Waals surface area (Å²) in [6.07, 6.45) is 1.49. The average Bonchev–Trinajstić information content (AvgIpc) is 2.86. The van der Waals surface area contributed by atoms with Crippen molar-refractivity contribution in [2.75, 3.05) is 6.54 Å². The summed E-state index contributed by atoms with van der Waals surface area (Å²) in [6.45, 7) is 10.1. The highest BCUT2D eigenvalue weighted by atomic mass is 16.5. The summed E-state index contributed by atoms with van der Waals surface area (Å²) in [5.41, 5.74) is 0. The molecule has 4 unspecified atom stereocenters. The molecule has 18 heavy (non-hydrogen) atoms. The Hall–Kier alpha value is -0.940. The molecule has 1 saturated heterocycles. The Kier molecular flexibility index (Phi) is 4.35. The minimum absolute atomic E-state index is 0.145. The maximum atomic E-state index is 5.80. The Morgan fingerprint density at radius 2 is 1.94 bits per heavy atom. The van der Waals surface area contributed by atoms with E-state index in [2.05, 4.69) is 43.2 Å². The van der Waals surface area contributed by atoms with Crippen LogP contribution in [-0.2, 0) is 11.3 Å². The monoisotopic (exact) mass is 253 g/mol. The van der Waals surface area contributed by atoms with Crippen LogP contribution >= 0.6 is 0 Å². The van der Waals surface area contributed by atoms with Crippen LogP contribution < -0.4 is 5.32 Å². The number of hydrogen-bond acceptors (Lipinski definition) is 5. The van der Waals surface area contributed by atoms with Crippen LogP contribution in [0, 0.1) is 5.92 Å². The summed E-state index contributed by atoms with van der Waals surface area (Å²) >= 11 is 0. The standard InChI is InChI=1S/C13H23N3O2/c1-5-6-14-7-11-15-16-13(18-11)12-8(2)9(3)17-10(12)4/h8-10,12,14H,5-7H2,1-4H3. The number of nitrogens with one attached hydrogen (secondary N) is 1. The van der Waals surface area contributed by atoms with E-state index in [0.29, 0.717) is 24.2 Å². The Balaban J connectivity index is 2.01. The molecular weight excluding hydrogens is 230 g/mol. The largest absolute Gasteiger partial charge is 0.423 e. The van der Waals surface area contributed by atoms with Crippen LogP contribution in [0.2, 0.25) is 0 Å². The second kappa shape index (κ2) is 5.80. The Morgan fingerprint density at radius 3 is 2.56 bits per heavy atom. The first-order valence-electron chi connectivity index (χ1n) is 6.82. The summed E-state index contributed by atoms with van der Waals surface area (Å²) in [5, 5.41) is 11.5. The zero-order valence-electron chi connectivity index (χ0n) is 11.6. The number of hydrogen-bond donors (Lipinski definition) is 1. The Labute approximate surface area is 108 Å². The van der Waals surface area contributed by atoms with E-state index in [4.69, 9.17) is 9.15 Å². The average molecular weight is 253 g/mol. The van der Waals surface area contributed by atoms with Crippen molar-refractivity contribution in [2.45, 2.75) is 58.8 Å². The van der Waals surface area contributed by atoms with E-state index in [0.717, 1.165) is 13.0 Å². The van der Waals surface area contributed by atoms with E-state index in [9.17, 15) is 0 Å². The van der Waals surface area contributed by atoms with Crippen molar-refractivity contribution >= 4 is 0 Å². The van der Waals surface area contributed by atoms with Gasteiger partial charge in [-0.1, -0.05) is 13.8 Å². The van der Waals surface area contributed by atoms with E-state index in [-0.39, 0.29) is 18.1 Å². The minimum atomic E-state index is 0.145. The van der Waals surface area contributed by atoms with Crippen molar-refractivity contribution in [1.82, 2.24) is 15.5 Å². The van der Waals surface area contributed by atoms with E-state index in [1.807, 2.05) is 0 Å². The molecule has 2 rings (SSSR count). The molecule has 0 bridgehead atoms. The zero-order chi connectivity index (χ0) is 13.1. The van der Waals surface area contributed by atoms with Gasteiger partial charge in [0.2, 0.25) is 11.8 Å². The topological polar surface area (TPSA) is 60.2 Å². The summed E-state index contributed by atoms with van der Waals surface area (Å²) in [5.74, 6) is 2.01. The summed E-state index contributed by atoms with van der Waals surface area (Å²) in [7, 11) is 0. The third-order valence-electron chi connectivity index (χ3n) is 3.71. The molecule has 0 saturated carbocycles. The van der Waals surface area contributed by atoms with E-state index < -0.39 is 0 Å². The van der Waals surface area contributed by atoms with Gasteiger partial charge < -0.3 is 14.5 Å². The lowest BCUT2D eigenvalue weighted by atomic mass is 9.89. The lowest BCUT2D eigenvalue weighted by molar-refractivity contribution is 0.0544. The molecule has 102 valence electrons. The van der Waals surface area contributed by atoms with Crippen molar-refractivity contribution in [3.8, 4) is 0 Å². The van der Waals surface area contributed by atoms with Gasteiger partial charge in [0, 0.05) is 0 Å². The van der Waals surface area contributed by atoms with Gasteiger partial charge in [-0.15, -0.1) is 10.2 Å². The molecule has 0 spiro atoms. The summed E-state index contributed by atoms with van der Waals surface area (Å²) < 4.78 is 11.5. The molecule has 0 aliphatic carbocycles. The highest BCUT2D eigenvalue weighted by Crippen LogP contribution is 2.38. The smallest absolute Gasteiger partial charge is 0.230 e. The van der Waals surface area contributed by atoms with Crippen molar-refractivity contribution in [3.63, 3.8) is 0 Å². The molecule has 1 N–H and O–H groups in total. The lowest BCUT2D eigenvalue weighted by Crippen LogP contribution is -2.15. The normalized spacial score (nSPS) is 32.0. The number of rotatable bonds is 5. The predicted molar refractivity (Wildman–Crippen MR) is 68.2 cm³/mol. The number of nitrogens with zero attached hydrogens (tertiary/aromatic N) is 2. The van der Waals surface area contributed by atoms with Crippen LogP contribution in [0.25, 0.3) is 0 Å². The van der Waals surface area contributed by atoms with Crippen molar-refractivity contribution in [3.05, 3.63) is 11.8 Å². The first-order chi connectivity index (χ1) is 8.63. The van der Waals surface area contributed by atoms with Gasteiger partial charge in [-0.3, -0.25) is 0 Å². The van der Waals surface area contributed by atoms with Crippen molar-refractivity contribution in [2.24, 2.45) is 5.92 Å². The van der Waals surface area contributed by atoms with Gasteiger partial charge >= 0.3 is 0 Å². The third-order valence-corrected chi connectivity index (χ3v) is 3.71. The summed E-state index contributed by atoms with van der Waals surface area (Å²) in [6, 6.07) is 0. The van der Waals surface area contributed by atoms with E-state index in [1.54, 1.807) is 0 Å². The van der Waals surface area contributed by atoms with Crippen LogP contribution in [0.3, 0.4) is 0 Å². The van der Waals surface area contributed by atoms with E-state index in [1.165, 1.54) is 0 Å². The van der Waals surface area contributed by atoms with Gasteiger partial charge in [0.05, 0.1) is 24.7 Å². The van der Waals surface area contributed by atoms with Gasteiger partial charge in [-0.2, -0.15) is 0 Å². The second-order valence-electron chi connectivity index (χ2n) is 5.14. The van der Waals surface area contributed by atoms with E-state index >= 15 is 0 Å². The maximum Gasteiger partial charge on any atom is 0.230 e. The van der Waals surface area contributed by atoms with Gasteiger partial charge in [0.25, 0.3) is 0 Å². The van der Waals surface area contributed by atoms with Crippen LogP contribution in [0.4, 0.5) is 0 Å². The van der Waals surface area contributed by atoms with Gasteiger partial charge in [0.1, 0.15) is 0 Å². The van der Waals surface area contributed by atoms with Gasteiger partial charge in [-0.25, -0.2) is 0 Å². The highest BCUT2D eigenvalue weighted by molar-refractivity contribution is 5.02. The fourth-order valence-corrected chi connectivity index (χ4v) is 2.54. The molecular formula is C13H23N3O2. The molecule has 1 aliphatic rings. The quantitative estimate of drug-likeness (QED) is 0.814. The van der Waals surface area contributed by atoms with Crippen LogP contribution in [0.1, 0.15) is 51.8 Å². The molecule has 0 aromatic carbocycles. The predicted octanol–water partition coefficient (Wildman–Crippen LogP) is 2.10. The zero-order valence-corrected chi connectivity index (χ0v) is 11.6. The van der Waals surface area contributed by atoms with Gasteiger partial charge in [0.15, 0.2) is 0 Å². The van der Waals surface area contributed by atoms with Gasteiger partial charge in [-0.05, 0) is 32.7 Å². The fraction of sp³-hybridized carbons (Fsp3) is 0.846. The van der Waals surface area contributed by atoms with Crippen molar-refractivity contribution in [1.29, 1.82) is 0 Å². The molecule has 5 heteroatoms. The van der Waals surface area contributed by atoms with Crippen LogP contribution in [0.5, 0.6) is 0 Å². The summed E-state index contributed by atoms with van der Waals surface area (Å²) in [4.78, 5) is 0. The molecule has 1 aromatic heterocycles. The molecule has 1 fully saturated rings. The molecule has 0 amide bonds. The molecule has 0 radical (unpaired) electrons. The van der Waals surface area contributed by atoms with Crippen LogP contribution in [-0.4, -0.2) is 29.0 Å². The molecule has 4 atom stereocenters. The number of aromatic nitrogens is 2. The first kappa shape index (κ1) is 13.5. The van der Waals surface area contributed by atoms with Crippen LogP contribution in [0.15, 0.2) is 4.42 Å². The Morgan fingerprint density at radius 1 is 1.17 bits per heavy atom. The molecule has 2 heterocycles. The molecule has 1 aliphatic heterocycles. The number of ether oxygens (including phenoxy) is 1. The molecule has 5 nitrogen and oxygen atoms in total. The fourth-order valence-electron chi connectivity index (χ4n) is 2.54. The first-order valence-corrected chi connectivity index (χ1v) is 6.82. The molecule has 1 aromatic rings. The minimum Gasteiger partial charge on any atom is -0.423 e. The second-order valence-corrected chi connectivity index (χ2v) is 5.14. The highest BCUT2D eigenvalue weighted by Gasteiger charge is 2.41. The van der Waals surface area contributed by atoms with Crippen molar-refractivity contribution < 1.29 is 9.15 Å². The lowest BCUT2D eigenvalue weighted by Gasteiger charge is -2.13. The maximum absolute atomic E-state index is 5.80.